The first-order valence-corrected chi connectivity index (χ1v) is 11.2. The van der Waals surface area contributed by atoms with Crippen LogP contribution in [0.4, 0.5) is 21.9 Å². The first kappa shape index (κ1) is 25.0. The maximum atomic E-state index is 12.4. The Morgan fingerprint density at radius 1 is 1.15 bits per heavy atom. The summed E-state index contributed by atoms with van der Waals surface area (Å²) in [7, 11) is 0. The van der Waals surface area contributed by atoms with Crippen molar-refractivity contribution in [1.29, 1.82) is 0 Å². The fourth-order valence-electron chi connectivity index (χ4n) is 4.23. The van der Waals surface area contributed by atoms with Crippen molar-refractivity contribution in [3.05, 3.63) is 53.3 Å². The van der Waals surface area contributed by atoms with Crippen molar-refractivity contribution in [1.82, 2.24) is 9.61 Å². The largest absolute Gasteiger partial charge is 0.379 e. The van der Waals surface area contributed by atoms with Crippen molar-refractivity contribution >= 4 is 52.9 Å². The van der Waals surface area contributed by atoms with Gasteiger partial charge in [0.15, 0.2) is 0 Å². The number of aromatic nitrogens is 2. The van der Waals surface area contributed by atoms with E-state index in [1.165, 1.54) is 6.20 Å². The molecule has 0 radical (unpaired) electrons. The zero-order valence-electron chi connectivity index (χ0n) is 19.4. The van der Waals surface area contributed by atoms with Gasteiger partial charge < -0.3 is 26.5 Å². The number of nitrogens with zero attached hydrogens (tertiary/aromatic N) is 2. The fraction of sp³-hybridized carbons (Fsp3) is 0.333. The van der Waals surface area contributed by atoms with Crippen LogP contribution in [0.5, 0.6) is 0 Å². The molecule has 2 atom stereocenters. The Morgan fingerprint density at radius 3 is 2.38 bits per heavy atom. The van der Waals surface area contributed by atoms with E-state index in [0.29, 0.717) is 39.1 Å². The predicted octanol–water partition coefficient (Wildman–Crippen LogP) is 4.78. The number of carbonyl (C=O) groups is 3. The summed E-state index contributed by atoms with van der Waals surface area (Å²) in [6, 6.07) is 8.37. The van der Waals surface area contributed by atoms with E-state index in [-0.39, 0.29) is 11.5 Å². The third-order valence-electron chi connectivity index (χ3n) is 6.64. The Kier molecular flexibility index (Phi) is 7.46. The van der Waals surface area contributed by atoms with Crippen molar-refractivity contribution in [3.63, 3.8) is 0 Å². The van der Waals surface area contributed by atoms with E-state index < -0.39 is 11.9 Å². The first-order valence-electron chi connectivity index (χ1n) is 10.9. The van der Waals surface area contributed by atoms with Gasteiger partial charge >= 0.3 is 6.03 Å². The molecule has 10 heteroatoms. The van der Waals surface area contributed by atoms with Gasteiger partial charge in [0.2, 0.25) is 0 Å². The lowest BCUT2D eigenvalue weighted by atomic mass is 9.80. The average Bonchev–Trinajstić information content (AvgIpc) is 3.31. The molecule has 5 N–H and O–H groups in total. The number of urea groups is 1. The number of rotatable bonds is 5. The molecule has 1 saturated carbocycles. The molecule has 2 heterocycles. The lowest BCUT2D eigenvalue weighted by Gasteiger charge is -2.33. The highest BCUT2D eigenvalue weighted by atomic mass is 35.5. The van der Waals surface area contributed by atoms with Gasteiger partial charge in [-0.1, -0.05) is 32.4 Å². The summed E-state index contributed by atoms with van der Waals surface area (Å²) in [5.41, 5.74) is 8.47. The lowest BCUT2D eigenvalue weighted by Crippen LogP contribution is -2.35. The SMILES string of the molecule is C=O.C[C@H]1CC[C@@H](Nc2c(C(N)=O)cnn3cc(NC(=O)Nc4ccc(Cl)cc4)cc23)C1(C)C. The van der Waals surface area contributed by atoms with E-state index in [9.17, 15) is 9.59 Å². The van der Waals surface area contributed by atoms with E-state index >= 15 is 0 Å². The maximum absolute atomic E-state index is 12.4. The molecule has 1 aliphatic rings. The number of hydrogen-bond acceptors (Lipinski definition) is 5. The van der Waals surface area contributed by atoms with Crippen LogP contribution < -0.4 is 21.7 Å². The van der Waals surface area contributed by atoms with Crippen LogP contribution in [-0.4, -0.2) is 34.4 Å². The number of anilines is 3. The summed E-state index contributed by atoms with van der Waals surface area (Å²) >= 11 is 5.88. The Morgan fingerprint density at radius 2 is 1.79 bits per heavy atom. The lowest BCUT2D eigenvalue weighted by molar-refractivity contribution is -0.0980. The normalized spacial score (nSPS) is 18.6. The van der Waals surface area contributed by atoms with Gasteiger partial charge in [0.05, 0.1) is 34.8 Å². The van der Waals surface area contributed by atoms with Crippen LogP contribution in [0.2, 0.25) is 5.02 Å². The Bertz CT molecular complexity index is 1190. The first-order chi connectivity index (χ1) is 16.1. The van der Waals surface area contributed by atoms with Gasteiger partial charge in [-0.3, -0.25) is 4.79 Å². The molecule has 180 valence electrons. The van der Waals surface area contributed by atoms with Crippen LogP contribution >= 0.6 is 11.6 Å². The second-order valence-electron chi connectivity index (χ2n) is 8.94. The molecular weight excluding hydrogens is 456 g/mol. The quantitative estimate of drug-likeness (QED) is 0.414. The molecule has 2 aromatic heterocycles. The van der Waals surface area contributed by atoms with E-state index in [2.05, 4.69) is 41.8 Å². The Hall–Kier alpha value is -3.59. The van der Waals surface area contributed by atoms with Crippen LogP contribution in [0, 0.1) is 11.3 Å². The molecule has 3 amide bonds. The number of amides is 3. The van der Waals surface area contributed by atoms with E-state index in [0.717, 1.165) is 12.8 Å². The Labute approximate surface area is 203 Å². The van der Waals surface area contributed by atoms with Crippen molar-refractivity contribution in [2.75, 3.05) is 16.0 Å². The predicted molar refractivity (Wildman–Crippen MR) is 135 cm³/mol. The van der Waals surface area contributed by atoms with Gasteiger partial charge in [0.25, 0.3) is 5.91 Å². The number of benzene rings is 1. The summed E-state index contributed by atoms with van der Waals surface area (Å²) in [4.78, 5) is 32.5. The smallest absolute Gasteiger partial charge is 0.323 e. The Balaban J connectivity index is 0.00000158. The standard InChI is InChI=1S/C23H27ClN6O2.CH2O/c1-13-4-9-19(23(13,2)3)29-20-17(21(25)31)11-26-30-12-16(10-18(20)30)28-22(32)27-15-7-5-14(24)6-8-15;1-2/h5-8,10-13,19,29H,4,9H2,1-3H3,(H2,25,31)(H2,27,28,32);1H2/t13-,19+;/m0./s1. The minimum atomic E-state index is -0.553. The molecule has 34 heavy (non-hydrogen) atoms. The van der Waals surface area contributed by atoms with Crippen LogP contribution in [0.25, 0.3) is 5.52 Å². The fourth-order valence-corrected chi connectivity index (χ4v) is 4.35. The number of nitrogens with two attached hydrogens (primary N) is 1. The van der Waals surface area contributed by atoms with Gasteiger partial charge in [-0.2, -0.15) is 5.10 Å². The average molecular weight is 485 g/mol. The number of carbonyl (C=O) groups excluding carboxylic acids is 3. The molecule has 0 aliphatic heterocycles. The van der Waals surface area contributed by atoms with Gasteiger partial charge in [0.1, 0.15) is 6.79 Å². The van der Waals surface area contributed by atoms with Crippen molar-refractivity contribution < 1.29 is 14.4 Å². The summed E-state index contributed by atoms with van der Waals surface area (Å²) in [6.45, 7) is 8.71. The van der Waals surface area contributed by atoms with Crippen LogP contribution in [0.15, 0.2) is 42.7 Å². The third-order valence-corrected chi connectivity index (χ3v) is 6.89. The molecule has 0 saturated heterocycles. The molecular formula is C24H29ClN6O3. The topological polar surface area (TPSA) is 131 Å². The number of hydrogen-bond donors (Lipinski definition) is 4. The van der Waals surface area contributed by atoms with Crippen LogP contribution in [-0.2, 0) is 4.79 Å². The molecule has 1 aliphatic carbocycles. The summed E-state index contributed by atoms with van der Waals surface area (Å²) < 4.78 is 1.62. The monoisotopic (exact) mass is 484 g/mol. The van der Waals surface area contributed by atoms with Gasteiger partial charge in [-0.25, -0.2) is 9.31 Å². The number of halogens is 1. The minimum absolute atomic E-state index is 0.0569. The second-order valence-corrected chi connectivity index (χ2v) is 9.38. The molecule has 9 nitrogen and oxygen atoms in total. The number of nitrogens with one attached hydrogen (secondary N) is 3. The minimum Gasteiger partial charge on any atom is -0.379 e. The van der Waals surface area contributed by atoms with Crippen LogP contribution in [0.3, 0.4) is 0 Å². The number of primary amides is 1. The van der Waals surface area contributed by atoms with Crippen LogP contribution in [0.1, 0.15) is 44.0 Å². The number of fused-ring (bicyclic) bond motifs is 1. The zero-order valence-corrected chi connectivity index (χ0v) is 20.1. The zero-order chi connectivity index (χ0) is 25.0. The summed E-state index contributed by atoms with van der Waals surface area (Å²) in [6.07, 6.45) is 5.25. The molecule has 1 aromatic carbocycles. The molecule has 3 aromatic rings. The van der Waals surface area contributed by atoms with Crippen molar-refractivity contribution in [3.8, 4) is 0 Å². The van der Waals surface area contributed by atoms with E-state index in [1.807, 2.05) is 6.79 Å². The molecule has 4 rings (SSSR count). The van der Waals surface area contributed by atoms with Gasteiger partial charge in [0, 0.05) is 16.8 Å². The van der Waals surface area contributed by atoms with Gasteiger partial charge in [-0.15, -0.1) is 0 Å². The highest BCUT2D eigenvalue weighted by Crippen LogP contribution is 2.44. The maximum Gasteiger partial charge on any atom is 0.323 e. The highest BCUT2D eigenvalue weighted by Gasteiger charge is 2.41. The molecule has 0 bridgehead atoms. The molecule has 0 unspecified atom stereocenters. The third kappa shape index (κ3) is 5.14. The molecule has 0 spiro atoms. The van der Waals surface area contributed by atoms with Crippen molar-refractivity contribution in [2.45, 2.75) is 39.7 Å². The van der Waals surface area contributed by atoms with Crippen molar-refractivity contribution in [2.24, 2.45) is 17.1 Å². The summed E-state index contributed by atoms with van der Waals surface area (Å²) in [5, 5.41) is 14.0. The highest BCUT2D eigenvalue weighted by molar-refractivity contribution is 6.30. The summed E-state index contributed by atoms with van der Waals surface area (Å²) in [5.74, 6) is -0.00185. The van der Waals surface area contributed by atoms with E-state index in [1.54, 1.807) is 41.0 Å². The van der Waals surface area contributed by atoms with E-state index in [4.69, 9.17) is 22.1 Å². The van der Waals surface area contributed by atoms with Gasteiger partial charge in [-0.05, 0) is 54.5 Å². The second kappa shape index (κ2) is 10.1. The molecule has 1 fully saturated rings.